The van der Waals surface area contributed by atoms with Crippen LogP contribution >= 0.6 is 11.6 Å². The Balaban J connectivity index is 1.72. The monoisotopic (exact) mass is 547 g/mol. The van der Waals surface area contributed by atoms with Crippen molar-refractivity contribution >= 4 is 17.5 Å². The van der Waals surface area contributed by atoms with E-state index in [1.807, 2.05) is 24.3 Å². The van der Waals surface area contributed by atoms with Crippen LogP contribution in [0.5, 0.6) is 0 Å². The van der Waals surface area contributed by atoms with Crippen molar-refractivity contribution < 1.29 is 24.1 Å². The Morgan fingerprint density at radius 2 is 1.77 bits per heavy atom. The smallest absolute Gasteiger partial charge is 0.257 e. The molecule has 1 amide bonds. The molecule has 3 aromatic carbocycles. The molecule has 7 heteroatoms. The first kappa shape index (κ1) is 27.4. The molecule has 5 nitrogen and oxygen atoms in total. The second-order valence-corrected chi connectivity index (χ2v) is 11.4. The molecule has 0 aromatic heterocycles. The van der Waals surface area contributed by atoms with Gasteiger partial charge in [0, 0.05) is 28.1 Å². The molecule has 202 valence electrons. The van der Waals surface area contributed by atoms with Crippen molar-refractivity contribution in [3.63, 3.8) is 0 Å². The zero-order chi connectivity index (χ0) is 28.0. The second-order valence-electron chi connectivity index (χ2n) is 11.0. The maximum Gasteiger partial charge on any atom is 0.257 e. The van der Waals surface area contributed by atoms with Crippen LogP contribution in [0.2, 0.25) is 5.02 Å². The molecule has 5 rings (SSSR count). The summed E-state index contributed by atoms with van der Waals surface area (Å²) in [5, 5.41) is 21.2. The van der Waals surface area contributed by atoms with Crippen LogP contribution in [0, 0.1) is 23.1 Å². The number of fused-ring (bicyclic) bond motifs is 1. The van der Waals surface area contributed by atoms with E-state index in [1.165, 1.54) is 11.0 Å². The van der Waals surface area contributed by atoms with E-state index in [1.54, 1.807) is 51.1 Å². The number of hydrogen-bond acceptors (Lipinski definition) is 4. The van der Waals surface area contributed by atoms with Gasteiger partial charge in [0.1, 0.15) is 5.82 Å². The lowest BCUT2D eigenvalue weighted by Gasteiger charge is -2.40. The van der Waals surface area contributed by atoms with E-state index in [-0.39, 0.29) is 36.4 Å². The Hall–Kier alpha value is -3.21. The van der Waals surface area contributed by atoms with Crippen LogP contribution in [0.1, 0.15) is 71.8 Å². The fourth-order valence-corrected chi connectivity index (χ4v) is 5.22. The zero-order valence-corrected chi connectivity index (χ0v) is 23.0. The highest BCUT2D eigenvalue weighted by molar-refractivity contribution is 6.30. The summed E-state index contributed by atoms with van der Waals surface area (Å²) in [4.78, 5) is 15.7. The predicted octanol–water partition coefficient (Wildman–Crippen LogP) is 5.72. The molecule has 0 radical (unpaired) electrons. The van der Waals surface area contributed by atoms with Crippen LogP contribution in [0.15, 0.2) is 60.7 Å². The first-order chi connectivity index (χ1) is 18.5. The fourth-order valence-electron chi connectivity index (χ4n) is 5.09. The average Bonchev–Trinajstić information content (AvgIpc) is 3.65. The number of carbonyl (C=O) groups is 1. The van der Waals surface area contributed by atoms with Crippen molar-refractivity contribution in [1.82, 2.24) is 4.90 Å². The van der Waals surface area contributed by atoms with Gasteiger partial charge < -0.3 is 14.9 Å². The van der Waals surface area contributed by atoms with E-state index in [0.29, 0.717) is 10.6 Å². The standard InChI is InChI=1S/C32H31ClFNO4/c1-4-5-21-6-8-22(9-7-21)18-35-29(37)26-16-24(30(2,3)38)17-27(34)28(26)32(35,23-10-12-25(33)13-11-23)39-20-31(19-36)14-15-31/h6-13,16-17,36,38H,14-15,18-20H2,1-3H3/t32-/m1/s1. The van der Waals surface area contributed by atoms with Gasteiger partial charge in [0.15, 0.2) is 5.72 Å². The number of aliphatic hydroxyl groups is 2. The third-order valence-corrected chi connectivity index (χ3v) is 7.92. The molecule has 0 unspecified atom stereocenters. The molecule has 0 spiro atoms. The first-order valence-corrected chi connectivity index (χ1v) is 13.3. The second kappa shape index (κ2) is 10.1. The van der Waals surface area contributed by atoms with Crippen molar-refractivity contribution in [2.75, 3.05) is 13.2 Å². The molecule has 39 heavy (non-hydrogen) atoms. The largest absolute Gasteiger partial charge is 0.396 e. The number of aliphatic hydroxyl groups excluding tert-OH is 1. The van der Waals surface area contributed by atoms with E-state index in [0.717, 1.165) is 24.0 Å². The Bertz CT molecular complexity index is 1460. The molecule has 1 fully saturated rings. The van der Waals surface area contributed by atoms with Gasteiger partial charge in [-0.15, -0.1) is 5.92 Å². The minimum Gasteiger partial charge on any atom is -0.396 e. The highest BCUT2D eigenvalue weighted by Crippen LogP contribution is 2.52. The number of hydrogen-bond donors (Lipinski definition) is 2. The van der Waals surface area contributed by atoms with Gasteiger partial charge in [0.2, 0.25) is 0 Å². The zero-order valence-electron chi connectivity index (χ0n) is 22.2. The summed E-state index contributed by atoms with van der Waals surface area (Å²) in [6, 6.07) is 17.2. The minimum absolute atomic E-state index is 0.0649. The van der Waals surface area contributed by atoms with Crippen LogP contribution in [-0.2, 0) is 22.6 Å². The average molecular weight is 548 g/mol. The van der Waals surface area contributed by atoms with Crippen LogP contribution in [0.3, 0.4) is 0 Å². The van der Waals surface area contributed by atoms with Gasteiger partial charge in [-0.1, -0.05) is 41.8 Å². The normalized spacial score (nSPS) is 19.5. The quantitative estimate of drug-likeness (QED) is 0.354. The number of rotatable bonds is 8. The molecular weight excluding hydrogens is 517 g/mol. The molecule has 1 atom stereocenters. The molecule has 0 bridgehead atoms. The molecule has 1 saturated carbocycles. The van der Waals surface area contributed by atoms with Gasteiger partial charge in [-0.05, 0) is 81.1 Å². The van der Waals surface area contributed by atoms with E-state index in [4.69, 9.17) is 16.3 Å². The third kappa shape index (κ3) is 4.97. The van der Waals surface area contributed by atoms with E-state index < -0.39 is 28.5 Å². The molecule has 1 aliphatic carbocycles. The molecule has 2 N–H and O–H groups in total. The summed E-state index contributed by atoms with van der Waals surface area (Å²) in [7, 11) is 0. The van der Waals surface area contributed by atoms with Gasteiger partial charge in [-0.3, -0.25) is 9.69 Å². The van der Waals surface area contributed by atoms with E-state index >= 15 is 4.39 Å². The van der Waals surface area contributed by atoms with Crippen LogP contribution in [0.25, 0.3) is 0 Å². The molecule has 1 aliphatic heterocycles. The Labute approximate surface area is 233 Å². The summed E-state index contributed by atoms with van der Waals surface area (Å²) in [5.74, 6) is 4.81. The summed E-state index contributed by atoms with van der Waals surface area (Å²) in [5.41, 5.74) is -0.713. The highest BCUT2D eigenvalue weighted by Gasteiger charge is 2.56. The highest BCUT2D eigenvalue weighted by atomic mass is 35.5. The maximum absolute atomic E-state index is 16.2. The van der Waals surface area contributed by atoms with Crippen molar-refractivity contribution in [2.24, 2.45) is 5.41 Å². The van der Waals surface area contributed by atoms with Gasteiger partial charge in [0.05, 0.1) is 29.9 Å². The molecule has 3 aromatic rings. The molecule has 1 heterocycles. The number of benzene rings is 3. The summed E-state index contributed by atoms with van der Waals surface area (Å²) in [6.07, 6.45) is 1.56. The van der Waals surface area contributed by atoms with E-state index in [2.05, 4.69) is 11.8 Å². The van der Waals surface area contributed by atoms with Crippen molar-refractivity contribution in [2.45, 2.75) is 51.5 Å². The van der Waals surface area contributed by atoms with Gasteiger partial charge in [0.25, 0.3) is 5.91 Å². The summed E-state index contributed by atoms with van der Waals surface area (Å²) >= 11 is 6.22. The fraction of sp³-hybridized carbons (Fsp3) is 0.344. The number of halogens is 2. The maximum atomic E-state index is 16.2. The Morgan fingerprint density at radius 3 is 2.33 bits per heavy atom. The lowest BCUT2D eigenvalue weighted by atomic mass is 9.88. The van der Waals surface area contributed by atoms with Crippen molar-refractivity contribution in [1.29, 1.82) is 0 Å². The minimum atomic E-state index is -1.62. The van der Waals surface area contributed by atoms with Crippen molar-refractivity contribution in [3.05, 3.63) is 105 Å². The van der Waals surface area contributed by atoms with Crippen LogP contribution in [-0.4, -0.2) is 34.2 Å². The first-order valence-electron chi connectivity index (χ1n) is 12.9. The number of ether oxygens (including phenoxy) is 1. The summed E-state index contributed by atoms with van der Waals surface area (Å²) in [6.45, 7) is 5.05. The predicted molar refractivity (Wildman–Crippen MR) is 147 cm³/mol. The topological polar surface area (TPSA) is 70.0 Å². The number of amides is 1. The SMILES string of the molecule is CC#Cc1ccc(CN2C(=O)c3cc(C(C)(C)O)cc(F)c3[C@]2(OCC2(CO)CC2)c2ccc(Cl)cc2)cc1. The summed E-state index contributed by atoms with van der Waals surface area (Å²) < 4.78 is 22.9. The number of nitrogens with zero attached hydrogens (tertiary/aromatic N) is 1. The van der Waals surface area contributed by atoms with Gasteiger partial charge in [-0.25, -0.2) is 4.39 Å². The van der Waals surface area contributed by atoms with Gasteiger partial charge >= 0.3 is 0 Å². The van der Waals surface area contributed by atoms with Crippen molar-refractivity contribution in [3.8, 4) is 11.8 Å². The Kier molecular flexibility index (Phi) is 7.07. The van der Waals surface area contributed by atoms with E-state index in [9.17, 15) is 15.0 Å². The van der Waals surface area contributed by atoms with Gasteiger partial charge in [-0.2, -0.15) is 0 Å². The molecule has 0 saturated heterocycles. The lowest BCUT2D eigenvalue weighted by molar-refractivity contribution is -0.130. The molecule has 2 aliphatic rings. The third-order valence-electron chi connectivity index (χ3n) is 7.67. The lowest BCUT2D eigenvalue weighted by Crippen LogP contribution is -2.48. The number of carbonyl (C=O) groups excluding carboxylic acids is 1. The Morgan fingerprint density at radius 1 is 1.10 bits per heavy atom. The van der Waals surface area contributed by atoms with Crippen LogP contribution in [0.4, 0.5) is 4.39 Å². The molecular formula is C32H31ClFNO4. The van der Waals surface area contributed by atoms with Crippen LogP contribution < -0.4 is 0 Å².